The van der Waals surface area contributed by atoms with Gasteiger partial charge in [-0.25, -0.2) is 4.79 Å². The number of carbonyl (C=O) groups excluding carboxylic acids is 1. The summed E-state index contributed by atoms with van der Waals surface area (Å²) in [5.41, 5.74) is 13.7. The van der Waals surface area contributed by atoms with E-state index in [0.29, 0.717) is 61.6 Å². The monoisotopic (exact) mass is 1080 g/mol. The molecule has 2 unspecified atom stereocenters. The Kier molecular flexibility index (Phi) is 20.8. The van der Waals surface area contributed by atoms with Crippen molar-refractivity contribution in [1.29, 1.82) is 0 Å². The molecule has 404 valence electrons. The summed E-state index contributed by atoms with van der Waals surface area (Å²) in [6, 6.07) is 12.2. The first-order valence-electron chi connectivity index (χ1n) is 24.8. The number of carboxylic acids is 1. The Bertz CT molecular complexity index is 3040. The van der Waals surface area contributed by atoms with E-state index in [1.54, 1.807) is 32.0 Å². The number of pyridine rings is 4. The fourth-order valence-electron chi connectivity index (χ4n) is 10.5. The zero-order chi connectivity index (χ0) is 53.6. The van der Waals surface area contributed by atoms with Gasteiger partial charge in [0.2, 0.25) is 0 Å². The average Bonchev–Trinajstić information content (AvgIpc) is 3.92. The van der Waals surface area contributed by atoms with Gasteiger partial charge in [0.25, 0.3) is 17.0 Å². The molecule has 1 amide bonds. The number of ether oxygens (including phenoxy) is 2. The number of nitrogens with two attached hydrogens (primary N) is 1. The number of nitrogens with zero attached hydrogens (tertiary/aromatic N) is 6. The van der Waals surface area contributed by atoms with Crippen molar-refractivity contribution >= 4 is 58.5 Å². The van der Waals surface area contributed by atoms with Crippen LogP contribution in [0.2, 0.25) is 10.0 Å². The minimum Gasteiger partial charge on any atom is -0.496 e. The van der Waals surface area contributed by atoms with Gasteiger partial charge in [0.1, 0.15) is 11.5 Å². The number of methoxy groups -OCH3 is 2. The van der Waals surface area contributed by atoms with Gasteiger partial charge in [0.05, 0.1) is 47.5 Å². The lowest BCUT2D eigenvalue weighted by Crippen LogP contribution is -2.43. The fourth-order valence-corrected chi connectivity index (χ4v) is 10.9. The maximum atomic E-state index is 13.4. The van der Waals surface area contributed by atoms with Gasteiger partial charge in [0, 0.05) is 109 Å². The van der Waals surface area contributed by atoms with Crippen molar-refractivity contribution < 1.29 is 24.2 Å². The van der Waals surface area contributed by atoms with E-state index < -0.39 is 5.97 Å². The summed E-state index contributed by atoms with van der Waals surface area (Å²) in [5, 5.41) is 13.8. The van der Waals surface area contributed by atoms with Crippen LogP contribution in [0.1, 0.15) is 117 Å². The summed E-state index contributed by atoms with van der Waals surface area (Å²) in [4.78, 5) is 63.8. The highest BCUT2D eigenvalue weighted by molar-refractivity contribution is 6.31. The summed E-state index contributed by atoms with van der Waals surface area (Å²) in [5.74, 6) is -0.123. The van der Waals surface area contributed by atoms with Gasteiger partial charge >= 0.3 is 5.97 Å². The molecule has 17 nitrogen and oxygen atoms in total. The number of hydrogen-bond donors (Lipinski definition) is 5. The number of fused-ring (bicyclic) bond motifs is 2. The number of likely N-dealkylation sites (tertiary alicyclic amines) is 2. The van der Waals surface area contributed by atoms with E-state index in [2.05, 4.69) is 81.3 Å². The smallest absolute Gasteiger partial charge is 0.336 e. The highest BCUT2D eigenvalue weighted by atomic mass is 35.5. The predicted octanol–water partition coefficient (Wildman–Crippen LogP) is 8.18. The molecule has 74 heavy (non-hydrogen) atoms. The summed E-state index contributed by atoms with van der Waals surface area (Å²) >= 11 is 12.6. The van der Waals surface area contributed by atoms with E-state index in [1.807, 2.05) is 48.8 Å². The molecular weight excluding hydrogens is 1010 g/mol. The maximum Gasteiger partial charge on any atom is 0.336 e. The van der Waals surface area contributed by atoms with Gasteiger partial charge in [-0.15, -0.1) is 12.4 Å². The van der Waals surface area contributed by atoms with Gasteiger partial charge in [-0.2, -0.15) is 0 Å². The topological polar surface area (TPSA) is 198 Å². The molecule has 0 aliphatic carbocycles. The Balaban J connectivity index is 0.000000230. The van der Waals surface area contributed by atoms with E-state index in [1.165, 1.54) is 14.2 Å². The number of hydrogen-bond acceptors (Lipinski definition) is 11. The lowest BCUT2D eigenvalue weighted by atomic mass is 9.97. The molecule has 0 spiro atoms. The van der Waals surface area contributed by atoms with Crippen molar-refractivity contribution in [2.75, 3.05) is 68.6 Å². The molecule has 6 aromatic rings. The van der Waals surface area contributed by atoms with Crippen LogP contribution in [0.5, 0.6) is 11.5 Å². The van der Waals surface area contributed by atoms with Crippen LogP contribution >= 0.6 is 35.6 Å². The molecule has 0 saturated carbocycles. The van der Waals surface area contributed by atoms with Crippen molar-refractivity contribution in [3.05, 3.63) is 136 Å². The normalized spacial score (nSPS) is 15.5. The van der Waals surface area contributed by atoms with Crippen LogP contribution in [-0.2, 0) is 13.1 Å². The third-order valence-corrected chi connectivity index (χ3v) is 15.1. The first kappa shape index (κ1) is 59.5. The molecular formula is C54H75Cl3N10O7. The molecule has 2 saturated heterocycles. The number of amides is 1. The average molecular weight is 1080 g/mol. The number of halogens is 3. The van der Waals surface area contributed by atoms with Gasteiger partial charge in [-0.05, 0) is 143 Å². The fraction of sp³-hybridized carbons (Fsp3) is 0.481. The lowest BCUT2D eigenvalue weighted by Gasteiger charge is -2.39. The molecule has 8 heterocycles. The van der Waals surface area contributed by atoms with Gasteiger partial charge in [0.15, 0.2) is 0 Å². The summed E-state index contributed by atoms with van der Waals surface area (Å²) < 4.78 is 14.5. The maximum absolute atomic E-state index is 13.4. The highest BCUT2D eigenvalue weighted by Crippen LogP contribution is 2.34. The summed E-state index contributed by atoms with van der Waals surface area (Å²) in [6.07, 6.45) is 8.28. The Labute approximate surface area is 450 Å². The number of aromatic amines is 2. The Morgan fingerprint density at radius 3 is 1.49 bits per heavy atom. The lowest BCUT2D eigenvalue weighted by molar-refractivity contribution is 0.0695. The van der Waals surface area contributed by atoms with E-state index in [0.717, 1.165) is 91.1 Å². The predicted molar refractivity (Wildman–Crippen MR) is 298 cm³/mol. The number of carbonyl (C=O) groups is 2. The van der Waals surface area contributed by atoms with E-state index >= 15 is 0 Å². The third kappa shape index (κ3) is 13.5. The molecule has 6 aromatic heterocycles. The first-order chi connectivity index (χ1) is 34.6. The number of piperidine rings is 2. The number of aromatic carboxylic acids is 1. The number of aromatic nitrogens is 4. The summed E-state index contributed by atoms with van der Waals surface area (Å²) in [6.45, 7) is 16.1. The van der Waals surface area contributed by atoms with Crippen LogP contribution < -0.4 is 31.6 Å². The Morgan fingerprint density at radius 2 is 1.09 bits per heavy atom. The van der Waals surface area contributed by atoms with E-state index in [9.17, 15) is 24.3 Å². The number of rotatable bonds is 13. The molecule has 2 atom stereocenters. The standard InChI is InChI=1S/C27H36ClN5O3.C19H26ClN3O2.C8H12N2O2.ClH/c1-16-11-24(36-6)23(27(35)30-16)14-29-26(34)22-13-21-12-19(28)15-33(21)25(17(22)2)18(3)32-9-7-20(8-10-32)31(4)5;1-12-17(19(24)25)10-16-9-14(20)11-23(16)18(12)13(2)22-7-5-15(6-8-22)21(3)4;1-5-3-7(12-2)6(4-9)8(11)10-5;/h11-13,15,18,20H,7-10,14H2,1-6H3,(H,29,34)(H,30,35);9-11,13,15H,5-8H2,1-4H3,(H,24,25);3H,4,9H2,1-2H3,(H,10,11);1H. The van der Waals surface area contributed by atoms with Crippen LogP contribution in [0.3, 0.4) is 0 Å². The minimum absolute atomic E-state index is 0. The number of aryl methyl sites for hydroxylation is 2. The SMILES string of the molecule is COc1cc(C)[nH]c(=O)c1CN.COc1cc(C)[nH]c(=O)c1CNC(=O)c1cc2cc(Cl)cn2c(C(C)N2CCC(N(C)C)CC2)c1C.Cc1c(C(=O)O)cc2cc(Cl)cn2c1C(C)N1CCC(N(C)C)CC1.Cl. The molecule has 20 heteroatoms. The van der Waals surface area contributed by atoms with Crippen molar-refractivity contribution in [1.82, 2.24) is 43.7 Å². The highest BCUT2D eigenvalue weighted by Gasteiger charge is 2.30. The molecule has 2 fully saturated rings. The Hall–Kier alpha value is -5.37. The zero-order valence-electron chi connectivity index (χ0n) is 44.8. The van der Waals surface area contributed by atoms with Crippen LogP contribution in [0, 0.1) is 27.7 Å². The van der Waals surface area contributed by atoms with Crippen LogP contribution in [-0.4, -0.2) is 136 Å². The van der Waals surface area contributed by atoms with Crippen molar-refractivity contribution in [2.45, 2.75) is 104 Å². The largest absolute Gasteiger partial charge is 0.496 e. The van der Waals surface area contributed by atoms with E-state index in [4.69, 9.17) is 38.4 Å². The van der Waals surface area contributed by atoms with Crippen molar-refractivity contribution in [2.24, 2.45) is 5.73 Å². The molecule has 6 N–H and O–H groups in total. The second kappa shape index (κ2) is 25.9. The number of nitrogens with one attached hydrogen (secondary N) is 3. The molecule has 8 rings (SSSR count). The van der Waals surface area contributed by atoms with Gasteiger partial charge in [-0.3, -0.25) is 24.2 Å². The van der Waals surface area contributed by atoms with Crippen LogP contribution in [0.15, 0.2) is 58.4 Å². The molecule has 0 bridgehead atoms. The molecule has 0 radical (unpaired) electrons. The second-order valence-corrected chi connectivity index (χ2v) is 20.6. The first-order valence-corrected chi connectivity index (χ1v) is 25.5. The van der Waals surface area contributed by atoms with Crippen molar-refractivity contribution in [3.8, 4) is 11.5 Å². The van der Waals surface area contributed by atoms with E-state index in [-0.39, 0.29) is 54.6 Å². The zero-order valence-corrected chi connectivity index (χ0v) is 47.1. The van der Waals surface area contributed by atoms with Gasteiger partial charge < -0.3 is 54.2 Å². The Morgan fingerprint density at radius 1 is 0.703 bits per heavy atom. The second-order valence-electron chi connectivity index (χ2n) is 19.7. The summed E-state index contributed by atoms with van der Waals surface area (Å²) in [7, 11) is 11.6. The van der Waals surface area contributed by atoms with Crippen LogP contribution in [0.4, 0.5) is 0 Å². The third-order valence-electron chi connectivity index (χ3n) is 14.7. The molecule has 0 aromatic carbocycles. The quantitative estimate of drug-likeness (QED) is 0.0745. The van der Waals surface area contributed by atoms with Crippen molar-refractivity contribution in [3.63, 3.8) is 0 Å². The van der Waals surface area contributed by atoms with Crippen LogP contribution in [0.25, 0.3) is 11.0 Å². The number of H-pyrrole nitrogens is 2. The molecule has 2 aliphatic heterocycles. The molecule has 2 aliphatic rings. The van der Waals surface area contributed by atoms with Gasteiger partial charge in [-0.1, -0.05) is 23.2 Å². The minimum atomic E-state index is -0.892. The number of carboxylic acid groups (broad SMARTS) is 1.